The van der Waals surface area contributed by atoms with Crippen LogP contribution in [0.15, 0.2) is 41.8 Å². The molecule has 0 atom stereocenters. The van der Waals surface area contributed by atoms with Gasteiger partial charge in [0.15, 0.2) is 5.13 Å². The number of anilines is 1. The SMILES string of the molecule is Cc1ccc2nc(N(CCN3CCOCC3)C(=O)C=Cc3cccs3)sc2c1. The number of benzene rings is 1. The number of carbonyl (C=O) groups excluding carboxylic acids is 1. The fourth-order valence-electron chi connectivity index (χ4n) is 3.13. The number of hydrogen-bond donors (Lipinski definition) is 0. The second kappa shape index (κ2) is 8.96. The predicted octanol–water partition coefficient (Wildman–Crippen LogP) is 4.04. The van der Waals surface area contributed by atoms with Crippen molar-refractivity contribution < 1.29 is 9.53 Å². The van der Waals surface area contributed by atoms with Crippen molar-refractivity contribution in [1.29, 1.82) is 0 Å². The number of aromatic nitrogens is 1. The molecule has 2 aromatic heterocycles. The third-order valence-corrected chi connectivity index (χ3v) is 6.59. The maximum Gasteiger partial charge on any atom is 0.252 e. The molecule has 3 heterocycles. The van der Waals surface area contributed by atoms with E-state index >= 15 is 0 Å². The van der Waals surface area contributed by atoms with E-state index in [2.05, 4.69) is 24.0 Å². The first-order chi connectivity index (χ1) is 13.7. The lowest BCUT2D eigenvalue weighted by molar-refractivity contribution is -0.114. The van der Waals surface area contributed by atoms with E-state index in [9.17, 15) is 4.79 Å². The third-order valence-electron chi connectivity index (χ3n) is 4.71. The fourth-order valence-corrected chi connectivity index (χ4v) is 4.84. The number of ether oxygens (including phenoxy) is 1. The van der Waals surface area contributed by atoms with Crippen LogP contribution in [-0.4, -0.2) is 55.2 Å². The number of amides is 1. The van der Waals surface area contributed by atoms with Crippen LogP contribution in [0.5, 0.6) is 0 Å². The van der Waals surface area contributed by atoms with Crippen LogP contribution in [0.3, 0.4) is 0 Å². The highest BCUT2D eigenvalue weighted by molar-refractivity contribution is 7.22. The second-order valence-electron chi connectivity index (χ2n) is 6.76. The molecule has 0 radical (unpaired) electrons. The van der Waals surface area contributed by atoms with Gasteiger partial charge < -0.3 is 4.74 Å². The summed E-state index contributed by atoms with van der Waals surface area (Å²) in [6, 6.07) is 10.2. The Morgan fingerprint density at radius 3 is 2.96 bits per heavy atom. The zero-order valence-corrected chi connectivity index (χ0v) is 17.5. The van der Waals surface area contributed by atoms with Gasteiger partial charge in [0.05, 0.1) is 23.4 Å². The van der Waals surface area contributed by atoms with Gasteiger partial charge in [0.25, 0.3) is 5.91 Å². The highest BCUT2D eigenvalue weighted by Gasteiger charge is 2.20. The van der Waals surface area contributed by atoms with Gasteiger partial charge >= 0.3 is 0 Å². The Bertz CT molecular complexity index is 959. The standard InChI is InChI=1S/C21H23N3O2S2/c1-16-4-6-18-19(15-16)28-21(22-18)24(9-8-23-10-12-26-13-11-23)20(25)7-5-17-3-2-14-27-17/h2-7,14-15H,8-13H2,1H3. The van der Waals surface area contributed by atoms with Crippen LogP contribution in [0, 0.1) is 6.92 Å². The molecule has 146 valence electrons. The molecule has 0 spiro atoms. The lowest BCUT2D eigenvalue weighted by Crippen LogP contribution is -2.42. The average molecular weight is 414 g/mol. The van der Waals surface area contributed by atoms with E-state index in [0.29, 0.717) is 6.54 Å². The summed E-state index contributed by atoms with van der Waals surface area (Å²) in [5, 5.41) is 2.77. The number of fused-ring (bicyclic) bond motifs is 1. The van der Waals surface area contributed by atoms with E-state index in [1.807, 2.05) is 29.7 Å². The molecule has 7 heteroatoms. The Labute approximate surface area is 172 Å². The maximum absolute atomic E-state index is 13.0. The Hall–Kier alpha value is -2.06. The van der Waals surface area contributed by atoms with Gasteiger partial charge in [-0.15, -0.1) is 11.3 Å². The lowest BCUT2D eigenvalue weighted by Gasteiger charge is -2.28. The zero-order chi connectivity index (χ0) is 19.3. The molecule has 1 fully saturated rings. The number of nitrogens with zero attached hydrogens (tertiary/aromatic N) is 3. The van der Waals surface area contributed by atoms with Crippen molar-refractivity contribution in [3.8, 4) is 0 Å². The summed E-state index contributed by atoms with van der Waals surface area (Å²) < 4.78 is 6.54. The first-order valence-electron chi connectivity index (χ1n) is 9.39. The van der Waals surface area contributed by atoms with Crippen LogP contribution >= 0.6 is 22.7 Å². The van der Waals surface area contributed by atoms with Crippen molar-refractivity contribution in [2.75, 3.05) is 44.3 Å². The molecule has 0 unspecified atom stereocenters. The Balaban J connectivity index is 1.56. The van der Waals surface area contributed by atoms with Gasteiger partial charge in [0.1, 0.15) is 0 Å². The van der Waals surface area contributed by atoms with Crippen LogP contribution in [0.25, 0.3) is 16.3 Å². The molecule has 1 saturated heterocycles. The minimum Gasteiger partial charge on any atom is -0.379 e. The van der Waals surface area contributed by atoms with Gasteiger partial charge in [-0.05, 0) is 42.1 Å². The first-order valence-corrected chi connectivity index (χ1v) is 11.1. The number of hydrogen-bond acceptors (Lipinski definition) is 6. The molecule has 3 aromatic rings. The average Bonchev–Trinajstić information content (AvgIpc) is 3.36. The van der Waals surface area contributed by atoms with Gasteiger partial charge in [-0.3, -0.25) is 14.6 Å². The van der Waals surface area contributed by atoms with E-state index < -0.39 is 0 Å². The molecule has 1 amide bonds. The zero-order valence-electron chi connectivity index (χ0n) is 15.8. The molecule has 0 bridgehead atoms. The summed E-state index contributed by atoms with van der Waals surface area (Å²) >= 11 is 3.20. The van der Waals surface area contributed by atoms with Crippen LogP contribution in [0.1, 0.15) is 10.4 Å². The largest absolute Gasteiger partial charge is 0.379 e. The summed E-state index contributed by atoms with van der Waals surface area (Å²) in [6.07, 6.45) is 3.54. The first kappa shape index (κ1) is 19.3. The maximum atomic E-state index is 13.0. The smallest absolute Gasteiger partial charge is 0.252 e. The van der Waals surface area contributed by atoms with Crippen LogP contribution < -0.4 is 4.90 Å². The van der Waals surface area contributed by atoms with Crippen molar-refractivity contribution in [3.05, 3.63) is 52.2 Å². The van der Waals surface area contributed by atoms with Crippen molar-refractivity contribution in [3.63, 3.8) is 0 Å². The monoisotopic (exact) mass is 413 g/mol. The molecule has 1 aliphatic rings. The molecule has 0 saturated carbocycles. The summed E-state index contributed by atoms with van der Waals surface area (Å²) in [6.45, 7) is 6.84. The summed E-state index contributed by atoms with van der Waals surface area (Å²) in [5.41, 5.74) is 2.14. The van der Waals surface area contributed by atoms with Crippen LogP contribution in [0.4, 0.5) is 5.13 Å². The van der Waals surface area contributed by atoms with Gasteiger partial charge in [-0.2, -0.15) is 0 Å². The topological polar surface area (TPSA) is 45.7 Å². The predicted molar refractivity (Wildman–Crippen MR) is 117 cm³/mol. The molecule has 1 aromatic carbocycles. The van der Waals surface area contributed by atoms with E-state index in [1.54, 1.807) is 33.6 Å². The Morgan fingerprint density at radius 2 is 2.18 bits per heavy atom. The van der Waals surface area contributed by atoms with Gasteiger partial charge in [-0.25, -0.2) is 4.98 Å². The number of thiophene rings is 1. The molecular weight excluding hydrogens is 390 g/mol. The second-order valence-corrected chi connectivity index (χ2v) is 8.75. The summed E-state index contributed by atoms with van der Waals surface area (Å²) in [7, 11) is 0. The molecule has 28 heavy (non-hydrogen) atoms. The van der Waals surface area contributed by atoms with Gasteiger partial charge in [0, 0.05) is 37.1 Å². The molecule has 0 N–H and O–H groups in total. The molecular formula is C21H23N3O2S2. The quantitative estimate of drug-likeness (QED) is 0.572. The lowest BCUT2D eigenvalue weighted by atomic mass is 10.2. The number of thiazole rings is 1. The minimum absolute atomic E-state index is 0.0302. The molecule has 0 aliphatic carbocycles. The van der Waals surface area contributed by atoms with Crippen LogP contribution in [-0.2, 0) is 9.53 Å². The summed E-state index contributed by atoms with van der Waals surface area (Å²) in [4.78, 5) is 23.0. The van der Waals surface area contributed by atoms with E-state index in [1.165, 1.54) is 5.56 Å². The minimum atomic E-state index is -0.0302. The highest BCUT2D eigenvalue weighted by atomic mass is 32.1. The number of carbonyl (C=O) groups is 1. The van der Waals surface area contributed by atoms with E-state index in [-0.39, 0.29) is 5.91 Å². The Morgan fingerprint density at radius 1 is 1.32 bits per heavy atom. The number of aryl methyl sites for hydroxylation is 1. The van der Waals surface area contributed by atoms with Crippen molar-refractivity contribution in [1.82, 2.24) is 9.88 Å². The van der Waals surface area contributed by atoms with Gasteiger partial charge in [0.2, 0.25) is 0 Å². The van der Waals surface area contributed by atoms with E-state index in [0.717, 1.165) is 53.1 Å². The van der Waals surface area contributed by atoms with Gasteiger partial charge in [-0.1, -0.05) is 23.5 Å². The fraction of sp³-hybridized carbons (Fsp3) is 0.333. The number of morpholine rings is 1. The third kappa shape index (κ3) is 4.67. The van der Waals surface area contributed by atoms with Crippen molar-refractivity contribution in [2.45, 2.75) is 6.92 Å². The van der Waals surface area contributed by atoms with Crippen LogP contribution in [0.2, 0.25) is 0 Å². The summed E-state index contributed by atoms with van der Waals surface area (Å²) in [5.74, 6) is -0.0302. The number of rotatable bonds is 6. The highest BCUT2D eigenvalue weighted by Crippen LogP contribution is 2.30. The normalized spacial score (nSPS) is 15.5. The molecule has 4 rings (SSSR count). The van der Waals surface area contributed by atoms with E-state index in [4.69, 9.17) is 9.72 Å². The Kier molecular flexibility index (Phi) is 6.17. The molecule has 1 aliphatic heterocycles. The molecule has 5 nitrogen and oxygen atoms in total. The van der Waals surface area contributed by atoms with Crippen molar-refractivity contribution in [2.24, 2.45) is 0 Å². The van der Waals surface area contributed by atoms with Crippen molar-refractivity contribution >= 4 is 50.0 Å².